The van der Waals surface area contributed by atoms with Crippen LogP contribution in [0.3, 0.4) is 0 Å². The van der Waals surface area contributed by atoms with Gasteiger partial charge in [0.15, 0.2) is 6.61 Å². The molecule has 0 aliphatic carbocycles. The third-order valence-electron chi connectivity index (χ3n) is 2.97. The number of anilines is 1. The van der Waals surface area contributed by atoms with Crippen molar-refractivity contribution >= 4 is 55.1 Å². The first-order valence-electron chi connectivity index (χ1n) is 6.65. The second kappa shape index (κ2) is 7.99. The van der Waals surface area contributed by atoms with Gasteiger partial charge in [0.25, 0.3) is 5.91 Å². The lowest BCUT2D eigenvalue weighted by atomic mass is 10.1. The molecule has 0 fully saturated rings. The zero-order chi connectivity index (χ0) is 16.1. The number of hydrogen-bond acceptors (Lipinski definition) is 2. The van der Waals surface area contributed by atoms with E-state index in [4.69, 9.17) is 16.3 Å². The number of halogens is 3. The molecule has 6 heteroatoms. The third kappa shape index (κ3) is 4.73. The summed E-state index contributed by atoms with van der Waals surface area (Å²) in [6.07, 6.45) is 0.945. The van der Waals surface area contributed by atoms with Crippen molar-refractivity contribution in [2.24, 2.45) is 0 Å². The lowest BCUT2D eigenvalue weighted by molar-refractivity contribution is -0.118. The molecule has 0 saturated carbocycles. The van der Waals surface area contributed by atoms with Gasteiger partial charge >= 0.3 is 0 Å². The molecule has 0 aromatic heterocycles. The topological polar surface area (TPSA) is 38.3 Å². The molecule has 0 heterocycles. The van der Waals surface area contributed by atoms with E-state index in [0.29, 0.717) is 15.2 Å². The van der Waals surface area contributed by atoms with Crippen molar-refractivity contribution in [2.75, 3.05) is 11.9 Å². The maximum Gasteiger partial charge on any atom is 0.262 e. The molecule has 22 heavy (non-hydrogen) atoms. The summed E-state index contributed by atoms with van der Waals surface area (Å²) >= 11 is 12.7. The van der Waals surface area contributed by atoms with E-state index in [9.17, 15) is 4.79 Å². The van der Waals surface area contributed by atoms with Gasteiger partial charge in [-0.1, -0.05) is 24.6 Å². The Labute approximate surface area is 151 Å². The van der Waals surface area contributed by atoms with Gasteiger partial charge in [0.2, 0.25) is 0 Å². The highest BCUT2D eigenvalue weighted by molar-refractivity contribution is 9.11. The Kier molecular flexibility index (Phi) is 6.29. The quantitative estimate of drug-likeness (QED) is 0.662. The largest absolute Gasteiger partial charge is 0.483 e. The molecule has 1 amide bonds. The van der Waals surface area contributed by atoms with Crippen LogP contribution in [-0.4, -0.2) is 12.5 Å². The first-order chi connectivity index (χ1) is 10.5. The number of hydrogen-bond donors (Lipinski definition) is 1. The monoisotopic (exact) mass is 445 g/mol. The van der Waals surface area contributed by atoms with E-state index in [1.165, 1.54) is 5.56 Å². The van der Waals surface area contributed by atoms with Crippen molar-refractivity contribution in [1.29, 1.82) is 0 Å². The van der Waals surface area contributed by atoms with Gasteiger partial charge in [0.1, 0.15) is 5.75 Å². The SMILES string of the molecule is CCc1ccc(NC(=O)COc2ccc(Cl)cc2Br)c(Br)c1. The van der Waals surface area contributed by atoms with Crippen LogP contribution in [0.5, 0.6) is 5.75 Å². The minimum atomic E-state index is -0.230. The Morgan fingerprint density at radius 3 is 2.59 bits per heavy atom. The van der Waals surface area contributed by atoms with Gasteiger partial charge in [0.05, 0.1) is 10.2 Å². The van der Waals surface area contributed by atoms with Crippen LogP contribution in [-0.2, 0) is 11.2 Å². The molecule has 0 aliphatic rings. The van der Waals surface area contributed by atoms with E-state index in [1.807, 2.05) is 18.2 Å². The molecule has 0 atom stereocenters. The van der Waals surface area contributed by atoms with Gasteiger partial charge in [-0.2, -0.15) is 0 Å². The molecule has 2 aromatic carbocycles. The number of ether oxygens (including phenoxy) is 1. The Bertz CT molecular complexity index is 692. The Morgan fingerprint density at radius 2 is 1.95 bits per heavy atom. The van der Waals surface area contributed by atoms with Crippen LogP contribution in [0.4, 0.5) is 5.69 Å². The zero-order valence-corrected chi connectivity index (χ0v) is 15.8. The highest BCUT2D eigenvalue weighted by atomic mass is 79.9. The average molecular weight is 448 g/mol. The molecular formula is C16H14Br2ClNO2. The lowest BCUT2D eigenvalue weighted by Gasteiger charge is -2.11. The van der Waals surface area contributed by atoms with Crippen LogP contribution >= 0.6 is 43.5 Å². The molecule has 0 unspecified atom stereocenters. The highest BCUT2D eigenvalue weighted by Gasteiger charge is 2.09. The van der Waals surface area contributed by atoms with Crippen LogP contribution < -0.4 is 10.1 Å². The van der Waals surface area contributed by atoms with Crippen molar-refractivity contribution in [3.05, 3.63) is 55.9 Å². The molecule has 1 N–H and O–H groups in total. The molecule has 0 aliphatic heterocycles. The number of carbonyl (C=O) groups is 1. The zero-order valence-electron chi connectivity index (χ0n) is 11.8. The fraction of sp³-hybridized carbons (Fsp3) is 0.188. The summed E-state index contributed by atoms with van der Waals surface area (Å²) in [7, 11) is 0. The smallest absolute Gasteiger partial charge is 0.262 e. The molecule has 116 valence electrons. The molecule has 0 radical (unpaired) electrons. The maximum atomic E-state index is 12.0. The van der Waals surface area contributed by atoms with E-state index in [1.54, 1.807) is 18.2 Å². The summed E-state index contributed by atoms with van der Waals surface area (Å²) in [6.45, 7) is 2.00. The molecule has 0 bridgehead atoms. The summed E-state index contributed by atoms with van der Waals surface area (Å²) in [5, 5.41) is 3.41. The summed E-state index contributed by atoms with van der Waals surface area (Å²) in [5.41, 5.74) is 1.92. The van der Waals surface area contributed by atoms with Crippen LogP contribution in [0.1, 0.15) is 12.5 Å². The van der Waals surface area contributed by atoms with Crippen LogP contribution in [0.2, 0.25) is 5.02 Å². The summed E-state index contributed by atoms with van der Waals surface area (Å²) < 4.78 is 7.04. The van der Waals surface area contributed by atoms with Gasteiger partial charge < -0.3 is 10.1 Å². The standard InChI is InChI=1S/C16H14Br2ClNO2/c1-2-10-3-5-14(12(17)7-10)20-16(21)9-22-15-6-4-11(19)8-13(15)18/h3-8H,2,9H2,1H3,(H,20,21). The number of benzene rings is 2. The van der Waals surface area contributed by atoms with Crippen molar-refractivity contribution in [1.82, 2.24) is 0 Å². The first-order valence-corrected chi connectivity index (χ1v) is 8.62. The van der Waals surface area contributed by atoms with Crippen molar-refractivity contribution < 1.29 is 9.53 Å². The molecular weight excluding hydrogens is 433 g/mol. The van der Waals surface area contributed by atoms with Gasteiger partial charge in [-0.05, 0) is 74.2 Å². The van der Waals surface area contributed by atoms with E-state index in [0.717, 1.165) is 16.6 Å². The van der Waals surface area contributed by atoms with Gasteiger partial charge in [0, 0.05) is 9.50 Å². The number of nitrogens with one attached hydrogen (secondary N) is 1. The number of amides is 1. The van der Waals surface area contributed by atoms with Gasteiger partial charge in [-0.25, -0.2) is 0 Å². The average Bonchev–Trinajstić information content (AvgIpc) is 2.48. The molecule has 2 aromatic rings. The fourth-order valence-corrected chi connectivity index (χ4v) is 3.12. The van der Waals surface area contributed by atoms with Crippen molar-refractivity contribution in [2.45, 2.75) is 13.3 Å². The van der Waals surface area contributed by atoms with E-state index in [2.05, 4.69) is 44.1 Å². The number of carbonyl (C=O) groups excluding carboxylic acids is 1. The second-order valence-corrected chi connectivity index (χ2v) is 6.72. The third-order valence-corrected chi connectivity index (χ3v) is 4.48. The van der Waals surface area contributed by atoms with Crippen molar-refractivity contribution in [3.8, 4) is 5.75 Å². The normalized spacial score (nSPS) is 10.4. The predicted molar refractivity (Wildman–Crippen MR) is 96.8 cm³/mol. The van der Waals surface area contributed by atoms with Crippen LogP contribution in [0.25, 0.3) is 0 Å². The molecule has 0 spiro atoms. The predicted octanol–water partition coefficient (Wildman–Crippen LogP) is 5.44. The summed E-state index contributed by atoms with van der Waals surface area (Å²) in [5.74, 6) is 0.340. The fourth-order valence-electron chi connectivity index (χ4n) is 1.80. The second-order valence-electron chi connectivity index (χ2n) is 4.58. The summed E-state index contributed by atoms with van der Waals surface area (Å²) in [4.78, 5) is 12.0. The Balaban J connectivity index is 1.95. The lowest BCUT2D eigenvalue weighted by Crippen LogP contribution is -2.20. The van der Waals surface area contributed by atoms with Gasteiger partial charge in [-0.15, -0.1) is 0 Å². The molecule has 2 rings (SSSR count). The Morgan fingerprint density at radius 1 is 1.18 bits per heavy atom. The minimum absolute atomic E-state index is 0.0811. The number of rotatable bonds is 5. The highest BCUT2D eigenvalue weighted by Crippen LogP contribution is 2.28. The summed E-state index contributed by atoms with van der Waals surface area (Å²) in [6, 6.07) is 11.0. The Hall–Kier alpha value is -1.04. The van der Waals surface area contributed by atoms with E-state index >= 15 is 0 Å². The molecule has 0 saturated heterocycles. The minimum Gasteiger partial charge on any atom is -0.483 e. The van der Waals surface area contributed by atoms with E-state index < -0.39 is 0 Å². The molecule has 3 nitrogen and oxygen atoms in total. The van der Waals surface area contributed by atoms with Crippen molar-refractivity contribution in [3.63, 3.8) is 0 Å². The maximum absolute atomic E-state index is 12.0. The number of aryl methyl sites for hydroxylation is 1. The van der Waals surface area contributed by atoms with Crippen LogP contribution in [0.15, 0.2) is 45.3 Å². The van der Waals surface area contributed by atoms with E-state index in [-0.39, 0.29) is 12.5 Å². The first kappa shape index (κ1) is 17.3. The van der Waals surface area contributed by atoms with Gasteiger partial charge in [-0.3, -0.25) is 4.79 Å². The van der Waals surface area contributed by atoms with Crippen LogP contribution in [0, 0.1) is 0 Å².